The Kier molecular flexibility index (Phi) is 6.06. The Morgan fingerprint density at radius 1 is 1.21 bits per heavy atom. The van der Waals surface area contributed by atoms with Gasteiger partial charge >= 0.3 is 0 Å². The van der Waals surface area contributed by atoms with Crippen LogP contribution in [-0.4, -0.2) is 5.78 Å². The zero-order valence-corrected chi connectivity index (χ0v) is 10.5. The van der Waals surface area contributed by atoms with Crippen LogP contribution in [0.1, 0.15) is 66.7 Å². The van der Waals surface area contributed by atoms with Gasteiger partial charge in [-0.3, -0.25) is 4.79 Å². The molecule has 0 radical (unpaired) electrons. The molecular weight excluding hydrogens is 172 g/mol. The second-order valence-electron chi connectivity index (χ2n) is 5.46. The van der Waals surface area contributed by atoms with E-state index in [4.69, 9.17) is 0 Å². The fourth-order valence-corrected chi connectivity index (χ4v) is 1.62. The first-order chi connectivity index (χ1) is 6.38. The van der Waals surface area contributed by atoms with Gasteiger partial charge in [0, 0.05) is 11.8 Å². The van der Waals surface area contributed by atoms with Crippen LogP contribution in [0.4, 0.5) is 0 Å². The maximum atomic E-state index is 11.6. The lowest BCUT2D eigenvalue weighted by Gasteiger charge is -2.17. The van der Waals surface area contributed by atoms with E-state index < -0.39 is 0 Å². The average Bonchev–Trinajstić information content (AvgIpc) is 2.02. The van der Waals surface area contributed by atoms with Crippen molar-refractivity contribution in [3.8, 4) is 0 Å². The van der Waals surface area contributed by atoms with Crippen molar-refractivity contribution in [2.45, 2.75) is 66.7 Å². The van der Waals surface area contributed by atoms with Crippen molar-refractivity contribution in [3.63, 3.8) is 0 Å². The second-order valence-corrected chi connectivity index (χ2v) is 5.46. The average molecular weight is 198 g/mol. The summed E-state index contributed by atoms with van der Waals surface area (Å²) in [6.07, 6.45) is 5.59. The van der Waals surface area contributed by atoms with E-state index in [0.29, 0.717) is 5.78 Å². The number of Topliss-reactive ketones (excluding diaryl/α,β-unsaturated/α-hetero) is 1. The number of hydrogen-bond donors (Lipinski definition) is 0. The molecule has 0 saturated heterocycles. The van der Waals surface area contributed by atoms with E-state index in [1.165, 1.54) is 19.3 Å². The number of rotatable bonds is 6. The van der Waals surface area contributed by atoms with Gasteiger partial charge in [0.1, 0.15) is 5.78 Å². The highest BCUT2D eigenvalue weighted by Crippen LogP contribution is 2.20. The molecule has 0 bridgehead atoms. The first-order valence-corrected chi connectivity index (χ1v) is 5.91. The highest BCUT2D eigenvalue weighted by molar-refractivity contribution is 5.83. The molecule has 0 N–H and O–H groups in total. The third-order valence-electron chi connectivity index (χ3n) is 2.72. The lowest BCUT2D eigenvalue weighted by molar-refractivity contribution is -0.126. The Morgan fingerprint density at radius 2 is 1.79 bits per heavy atom. The maximum absolute atomic E-state index is 11.6. The smallest absolute Gasteiger partial charge is 0.138 e. The van der Waals surface area contributed by atoms with Gasteiger partial charge in [0.05, 0.1) is 0 Å². The molecule has 84 valence electrons. The molecule has 0 aromatic carbocycles. The van der Waals surface area contributed by atoms with Crippen molar-refractivity contribution in [1.82, 2.24) is 0 Å². The minimum atomic E-state index is -0.145. The highest BCUT2D eigenvalue weighted by atomic mass is 16.1. The fraction of sp³-hybridized carbons (Fsp3) is 0.923. The molecule has 1 heteroatoms. The normalized spacial score (nSPS) is 14.1. The van der Waals surface area contributed by atoms with Gasteiger partial charge in [-0.25, -0.2) is 0 Å². The minimum Gasteiger partial charge on any atom is -0.299 e. The van der Waals surface area contributed by atoms with Gasteiger partial charge in [0.25, 0.3) is 0 Å². The second kappa shape index (κ2) is 6.21. The Morgan fingerprint density at radius 3 is 2.21 bits per heavy atom. The zero-order chi connectivity index (χ0) is 11.2. The summed E-state index contributed by atoms with van der Waals surface area (Å²) in [5.74, 6) is 1.19. The summed E-state index contributed by atoms with van der Waals surface area (Å²) in [7, 11) is 0. The topological polar surface area (TPSA) is 17.1 Å². The predicted octanol–water partition coefficient (Wildman–Crippen LogP) is 4.21. The van der Waals surface area contributed by atoms with E-state index in [0.717, 1.165) is 18.8 Å². The van der Waals surface area contributed by atoms with Gasteiger partial charge < -0.3 is 0 Å². The summed E-state index contributed by atoms with van der Waals surface area (Å²) in [4.78, 5) is 11.6. The highest BCUT2D eigenvalue weighted by Gasteiger charge is 2.20. The van der Waals surface area contributed by atoms with Crippen LogP contribution in [-0.2, 0) is 4.79 Å². The summed E-state index contributed by atoms with van der Waals surface area (Å²) in [6, 6.07) is 0. The number of hydrogen-bond acceptors (Lipinski definition) is 1. The van der Waals surface area contributed by atoms with E-state index in [2.05, 4.69) is 13.8 Å². The van der Waals surface area contributed by atoms with Crippen LogP contribution in [0.5, 0.6) is 0 Å². The number of carbonyl (C=O) groups is 1. The summed E-state index contributed by atoms with van der Waals surface area (Å²) < 4.78 is 0. The third kappa shape index (κ3) is 6.17. The minimum absolute atomic E-state index is 0.145. The first kappa shape index (κ1) is 13.7. The molecule has 0 aromatic heterocycles. The van der Waals surface area contributed by atoms with Gasteiger partial charge in [0.15, 0.2) is 0 Å². The molecular formula is C13H26O. The molecule has 0 fully saturated rings. The lowest BCUT2D eigenvalue weighted by atomic mass is 9.87. The largest absolute Gasteiger partial charge is 0.299 e. The van der Waals surface area contributed by atoms with Gasteiger partial charge in [-0.15, -0.1) is 0 Å². The van der Waals surface area contributed by atoms with Gasteiger partial charge in [-0.2, -0.15) is 0 Å². The Bertz CT molecular complexity index is 165. The lowest BCUT2D eigenvalue weighted by Crippen LogP contribution is -2.19. The van der Waals surface area contributed by atoms with Crippen LogP contribution in [0.2, 0.25) is 0 Å². The number of ketones is 1. The molecule has 0 saturated carbocycles. The summed E-state index contributed by atoms with van der Waals surface area (Å²) in [6.45, 7) is 10.5. The van der Waals surface area contributed by atoms with Crippen molar-refractivity contribution < 1.29 is 4.79 Å². The third-order valence-corrected chi connectivity index (χ3v) is 2.72. The molecule has 14 heavy (non-hydrogen) atoms. The molecule has 0 aliphatic carbocycles. The van der Waals surface area contributed by atoms with Crippen LogP contribution < -0.4 is 0 Å². The van der Waals surface area contributed by atoms with Gasteiger partial charge in [-0.05, 0) is 12.3 Å². The van der Waals surface area contributed by atoms with Crippen molar-refractivity contribution >= 4 is 5.78 Å². The van der Waals surface area contributed by atoms with Gasteiger partial charge in [0.2, 0.25) is 0 Å². The van der Waals surface area contributed by atoms with E-state index in [1.54, 1.807) is 0 Å². The molecule has 1 nitrogen and oxygen atoms in total. The molecule has 0 spiro atoms. The van der Waals surface area contributed by atoms with E-state index in [-0.39, 0.29) is 5.41 Å². The molecule has 0 heterocycles. The molecule has 0 aromatic rings. The van der Waals surface area contributed by atoms with E-state index in [1.807, 2.05) is 20.8 Å². The van der Waals surface area contributed by atoms with Crippen LogP contribution in [0.25, 0.3) is 0 Å². The van der Waals surface area contributed by atoms with E-state index in [9.17, 15) is 4.79 Å². The summed E-state index contributed by atoms with van der Waals surface area (Å²) >= 11 is 0. The quantitative estimate of drug-likeness (QED) is 0.625. The zero-order valence-electron chi connectivity index (χ0n) is 10.5. The Labute approximate surface area is 89.3 Å². The first-order valence-electron chi connectivity index (χ1n) is 5.91. The van der Waals surface area contributed by atoms with Gasteiger partial charge in [-0.1, -0.05) is 53.9 Å². The predicted molar refractivity (Wildman–Crippen MR) is 62.4 cm³/mol. The molecule has 0 aliphatic rings. The maximum Gasteiger partial charge on any atom is 0.138 e. The Hall–Kier alpha value is -0.330. The standard InChI is InChI=1S/C13H26O/c1-6-8-11(2)9-7-10-12(14)13(3,4)5/h11H,6-10H2,1-5H3. The molecule has 0 amide bonds. The number of carbonyl (C=O) groups excluding carboxylic acids is 1. The summed E-state index contributed by atoms with van der Waals surface area (Å²) in [5, 5.41) is 0. The van der Waals surface area contributed by atoms with Crippen LogP contribution in [0.3, 0.4) is 0 Å². The van der Waals surface area contributed by atoms with Crippen molar-refractivity contribution in [3.05, 3.63) is 0 Å². The fourth-order valence-electron chi connectivity index (χ4n) is 1.62. The van der Waals surface area contributed by atoms with Crippen LogP contribution in [0.15, 0.2) is 0 Å². The van der Waals surface area contributed by atoms with Crippen molar-refractivity contribution in [1.29, 1.82) is 0 Å². The molecule has 1 unspecified atom stereocenters. The van der Waals surface area contributed by atoms with E-state index >= 15 is 0 Å². The summed E-state index contributed by atoms with van der Waals surface area (Å²) in [5.41, 5.74) is -0.145. The molecule has 1 atom stereocenters. The van der Waals surface area contributed by atoms with Crippen molar-refractivity contribution in [2.75, 3.05) is 0 Å². The van der Waals surface area contributed by atoms with Crippen LogP contribution >= 0.6 is 0 Å². The Balaban J connectivity index is 3.59. The molecule has 0 rings (SSSR count). The SMILES string of the molecule is CCCC(C)CCCC(=O)C(C)(C)C. The van der Waals surface area contributed by atoms with Crippen molar-refractivity contribution in [2.24, 2.45) is 11.3 Å². The molecule has 0 aliphatic heterocycles. The van der Waals surface area contributed by atoms with Crippen LogP contribution in [0, 0.1) is 11.3 Å². The monoisotopic (exact) mass is 198 g/mol.